The predicted molar refractivity (Wildman–Crippen MR) is 135 cm³/mol. The third kappa shape index (κ3) is 8.04. The number of piperidine rings is 1. The number of nitrogens with zero attached hydrogens (tertiary/aromatic N) is 5. The molecule has 8 nitrogen and oxygen atoms in total. The number of hydrogen-bond acceptors (Lipinski definition) is 5. The number of methoxy groups -OCH3 is 1. The van der Waals surface area contributed by atoms with Crippen LogP contribution in [0.25, 0.3) is 0 Å². The highest BCUT2D eigenvalue weighted by Crippen LogP contribution is 2.15. The summed E-state index contributed by atoms with van der Waals surface area (Å²) in [6.45, 7) is 9.13. The smallest absolute Gasteiger partial charge is 0.192 e. The highest BCUT2D eigenvalue weighted by Gasteiger charge is 2.20. The maximum Gasteiger partial charge on any atom is 0.192 e. The predicted octanol–water partition coefficient (Wildman–Crippen LogP) is 2.40. The van der Waals surface area contributed by atoms with Crippen molar-refractivity contribution in [1.29, 1.82) is 0 Å². The van der Waals surface area contributed by atoms with Crippen LogP contribution in [0.1, 0.15) is 35.6 Å². The third-order valence-electron chi connectivity index (χ3n) is 5.58. The number of hydrogen-bond donors (Lipinski definition) is 2. The van der Waals surface area contributed by atoms with Crippen molar-refractivity contribution in [3.05, 3.63) is 47.0 Å². The number of nitrogens with one attached hydrogen (secondary N) is 2. The van der Waals surface area contributed by atoms with Crippen LogP contribution in [0.15, 0.2) is 29.3 Å². The SMILES string of the molecule is COCCNC(=NCc1nnc(C)n1C)NC1CCN(Cc2cccc(C)c2)CC1.I. The summed E-state index contributed by atoms with van der Waals surface area (Å²) in [5.74, 6) is 2.56. The summed E-state index contributed by atoms with van der Waals surface area (Å²) >= 11 is 0. The zero-order chi connectivity index (χ0) is 21.3. The van der Waals surface area contributed by atoms with Crippen LogP contribution >= 0.6 is 24.0 Å². The van der Waals surface area contributed by atoms with Gasteiger partial charge < -0.3 is 19.9 Å². The van der Waals surface area contributed by atoms with Gasteiger partial charge in [0.2, 0.25) is 0 Å². The highest BCUT2D eigenvalue weighted by molar-refractivity contribution is 14.0. The van der Waals surface area contributed by atoms with Gasteiger partial charge in [-0.15, -0.1) is 34.2 Å². The summed E-state index contributed by atoms with van der Waals surface area (Å²) in [4.78, 5) is 7.26. The molecule has 3 rings (SSSR count). The van der Waals surface area contributed by atoms with Crippen LogP contribution < -0.4 is 10.6 Å². The van der Waals surface area contributed by atoms with Crippen molar-refractivity contribution in [2.75, 3.05) is 33.4 Å². The molecular formula is C22H36IN7O. The van der Waals surface area contributed by atoms with E-state index >= 15 is 0 Å². The van der Waals surface area contributed by atoms with Gasteiger partial charge in [0.05, 0.1) is 6.61 Å². The lowest BCUT2D eigenvalue weighted by molar-refractivity contribution is 0.196. The topological polar surface area (TPSA) is 79.6 Å². The molecule has 1 aliphatic heterocycles. The number of likely N-dealkylation sites (tertiary alicyclic amines) is 1. The van der Waals surface area contributed by atoms with Crippen molar-refractivity contribution < 1.29 is 4.74 Å². The molecule has 0 amide bonds. The van der Waals surface area contributed by atoms with Gasteiger partial charge >= 0.3 is 0 Å². The van der Waals surface area contributed by atoms with Crippen molar-refractivity contribution >= 4 is 29.9 Å². The van der Waals surface area contributed by atoms with Gasteiger partial charge in [-0.05, 0) is 32.3 Å². The van der Waals surface area contributed by atoms with Crippen LogP contribution in [0.3, 0.4) is 0 Å². The second-order valence-electron chi connectivity index (χ2n) is 7.99. The minimum atomic E-state index is 0. The minimum absolute atomic E-state index is 0. The largest absolute Gasteiger partial charge is 0.383 e. The van der Waals surface area contributed by atoms with Crippen LogP contribution in [0.2, 0.25) is 0 Å². The number of rotatable bonds is 8. The van der Waals surface area contributed by atoms with Gasteiger partial charge in [-0.25, -0.2) is 4.99 Å². The molecule has 1 aliphatic rings. The Morgan fingerprint density at radius 1 is 1.23 bits per heavy atom. The highest BCUT2D eigenvalue weighted by atomic mass is 127. The first kappa shape index (κ1) is 25.5. The van der Waals surface area contributed by atoms with Crippen molar-refractivity contribution in [3.8, 4) is 0 Å². The summed E-state index contributed by atoms with van der Waals surface area (Å²) in [6, 6.07) is 9.21. The Hall–Kier alpha value is -1.72. The summed E-state index contributed by atoms with van der Waals surface area (Å²) in [5, 5.41) is 15.3. The van der Waals surface area contributed by atoms with Gasteiger partial charge in [0.1, 0.15) is 12.4 Å². The number of aryl methyl sites for hydroxylation is 2. The summed E-state index contributed by atoms with van der Waals surface area (Å²) in [6.07, 6.45) is 2.19. The molecule has 0 spiro atoms. The Balaban J connectivity index is 0.00000341. The molecular weight excluding hydrogens is 505 g/mol. The molecule has 1 saturated heterocycles. The Bertz CT molecular complexity index is 831. The summed E-state index contributed by atoms with van der Waals surface area (Å²) < 4.78 is 7.14. The zero-order valence-electron chi connectivity index (χ0n) is 19.1. The second-order valence-corrected chi connectivity index (χ2v) is 7.99. The lowest BCUT2D eigenvalue weighted by Gasteiger charge is -2.33. The maximum atomic E-state index is 5.17. The van der Waals surface area contributed by atoms with Crippen molar-refractivity contribution in [2.45, 2.75) is 45.8 Å². The normalized spacial score (nSPS) is 15.5. The Labute approximate surface area is 202 Å². The summed E-state index contributed by atoms with van der Waals surface area (Å²) in [5.41, 5.74) is 2.72. The molecule has 31 heavy (non-hydrogen) atoms. The molecule has 0 saturated carbocycles. The molecule has 1 aromatic carbocycles. The molecule has 0 unspecified atom stereocenters. The van der Waals surface area contributed by atoms with E-state index in [4.69, 9.17) is 9.73 Å². The number of halogens is 1. The van der Waals surface area contributed by atoms with Crippen molar-refractivity contribution in [2.24, 2.45) is 12.0 Å². The van der Waals surface area contributed by atoms with E-state index in [1.165, 1.54) is 11.1 Å². The molecule has 0 bridgehead atoms. The average molecular weight is 541 g/mol. The van der Waals surface area contributed by atoms with E-state index in [1.807, 2.05) is 18.5 Å². The third-order valence-corrected chi connectivity index (χ3v) is 5.58. The molecule has 1 aromatic heterocycles. The average Bonchev–Trinajstić information content (AvgIpc) is 3.05. The lowest BCUT2D eigenvalue weighted by atomic mass is 10.0. The first-order chi connectivity index (χ1) is 14.5. The molecule has 1 fully saturated rings. The Morgan fingerprint density at radius 3 is 2.65 bits per heavy atom. The van der Waals surface area contributed by atoms with E-state index in [0.717, 1.165) is 50.1 Å². The van der Waals surface area contributed by atoms with Gasteiger partial charge in [-0.2, -0.15) is 0 Å². The zero-order valence-corrected chi connectivity index (χ0v) is 21.4. The number of benzene rings is 1. The van der Waals surface area contributed by atoms with Gasteiger partial charge in [0.25, 0.3) is 0 Å². The van der Waals surface area contributed by atoms with E-state index in [9.17, 15) is 0 Å². The lowest BCUT2D eigenvalue weighted by Crippen LogP contribution is -2.49. The van der Waals surface area contributed by atoms with Crippen LogP contribution in [0.4, 0.5) is 0 Å². The summed E-state index contributed by atoms with van der Waals surface area (Å²) in [7, 11) is 3.67. The van der Waals surface area contributed by atoms with Crippen molar-refractivity contribution in [3.63, 3.8) is 0 Å². The number of guanidine groups is 1. The molecule has 172 valence electrons. The fraction of sp³-hybridized carbons (Fsp3) is 0.591. The number of ether oxygens (including phenoxy) is 1. The van der Waals surface area contributed by atoms with Gasteiger partial charge in [0, 0.05) is 46.4 Å². The second kappa shape index (κ2) is 13.0. The standard InChI is InChI=1S/C22H35N7O.HI/c1-17-6-5-7-19(14-17)16-29-11-8-20(9-12-29)25-22(23-10-13-30-4)24-15-21-27-26-18(2)28(21)3;/h5-7,14,20H,8-13,15-16H2,1-4H3,(H2,23,24,25);1H. The van der Waals surface area contributed by atoms with Crippen LogP contribution in [0, 0.1) is 13.8 Å². The van der Waals surface area contributed by atoms with E-state index in [0.29, 0.717) is 25.7 Å². The molecule has 0 radical (unpaired) electrons. The molecule has 9 heteroatoms. The van der Waals surface area contributed by atoms with Gasteiger partial charge in [-0.3, -0.25) is 4.90 Å². The van der Waals surface area contributed by atoms with Crippen LogP contribution in [0.5, 0.6) is 0 Å². The molecule has 2 N–H and O–H groups in total. The molecule has 2 heterocycles. The van der Waals surface area contributed by atoms with E-state index in [-0.39, 0.29) is 24.0 Å². The maximum absolute atomic E-state index is 5.17. The number of aromatic nitrogens is 3. The Morgan fingerprint density at radius 2 is 2.00 bits per heavy atom. The molecule has 0 aliphatic carbocycles. The fourth-order valence-corrected chi connectivity index (χ4v) is 3.66. The van der Waals surface area contributed by atoms with Crippen LogP contribution in [-0.2, 0) is 24.9 Å². The molecule has 2 aromatic rings. The van der Waals surface area contributed by atoms with E-state index in [2.05, 4.69) is 56.9 Å². The number of aliphatic imine (C=N–C) groups is 1. The van der Waals surface area contributed by atoms with E-state index in [1.54, 1.807) is 7.11 Å². The first-order valence-corrected chi connectivity index (χ1v) is 10.7. The monoisotopic (exact) mass is 541 g/mol. The van der Waals surface area contributed by atoms with Crippen molar-refractivity contribution in [1.82, 2.24) is 30.3 Å². The van der Waals surface area contributed by atoms with E-state index < -0.39 is 0 Å². The quantitative estimate of drug-likeness (QED) is 0.231. The fourth-order valence-electron chi connectivity index (χ4n) is 3.66. The van der Waals surface area contributed by atoms with Gasteiger partial charge in [-0.1, -0.05) is 29.8 Å². The minimum Gasteiger partial charge on any atom is -0.383 e. The first-order valence-electron chi connectivity index (χ1n) is 10.7. The van der Waals surface area contributed by atoms with Crippen LogP contribution in [-0.4, -0.2) is 65.0 Å². The Kier molecular flexibility index (Phi) is 10.7. The van der Waals surface area contributed by atoms with Gasteiger partial charge in [0.15, 0.2) is 11.8 Å². The molecule has 0 atom stereocenters.